The zero-order valence-corrected chi connectivity index (χ0v) is 15.5. The van der Waals surface area contributed by atoms with Crippen molar-refractivity contribution in [1.29, 1.82) is 15.8 Å². The normalized spacial score (nSPS) is 15.1. The molecule has 0 unspecified atom stereocenters. The van der Waals surface area contributed by atoms with Gasteiger partial charge in [-0.15, -0.1) is 0 Å². The van der Waals surface area contributed by atoms with Crippen molar-refractivity contribution in [2.45, 2.75) is 19.4 Å². The second-order valence-corrected chi connectivity index (χ2v) is 6.51. The van der Waals surface area contributed by atoms with Gasteiger partial charge in [-0.25, -0.2) is 0 Å². The number of aliphatic hydroxyl groups excluding tert-OH is 1. The second kappa shape index (κ2) is 8.23. The van der Waals surface area contributed by atoms with Crippen LogP contribution in [0.25, 0.3) is 6.08 Å². The van der Waals surface area contributed by atoms with Crippen molar-refractivity contribution in [3.63, 3.8) is 0 Å². The first-order chi connectivity index (χ1) is 12.9. The minimum Gasteiger partial charge on any atom is -0.480 e. The van der Waals surface area contributed by atoms with E-state index in [0.717, 1.165) is 11.3 Å². The van der Waals surface area contributed by atoms with Crippen LogP contribution in [0.1, 0.15) is 19.4 Å². The highest BCUT2D eigenvalue weighted by atomic mass is 16.5. The molecule has 1 aromatic carbocycles. The molecule has 27 heavy (non-hydrogen) atoms. The summed E-state index contributed by atoms with van der Waals surface area (Å²) < 4.78 is 5.73. The molecule has 0 saturated heterocycles. The lowest BCUT2D eigenvalue weighted by molar-refractivity contribution is 0.0954. The van der Waals surface area contributed by atoms with Gasteiger partial charge in [0.1, 0.15) is 29.4 Å². The second-order valence-electron chi connectivity index (χ2n) is 6.51. The van der Waals surface area contributed by atoms with Crippen molar-refractivity contribution in [2.75, 3.05) is 25.1 Å². The zero-order valence-electron chi connectivity index (χ0n) is 15.5. The molecule has 0 amide bonds. The van der Waals surface area contributed by atoms with E-state index in [4.69, 9.17) is 20.4 Å². The number of nitrogens with zero attached hydrogens (tertiary/aromatic N) is 4. The predicted molar refractivity (Wildman–Crippen MR) is 102 cm³/mol. The van der Waals surface area contributed by atoms with Gasteiger partial charge in [-0.2, -0.15) is 15.8 Å². The molecule has 0 spiro atoms. The maximum absolute atomic E-state index is 9.52. The Balaban J connectivity index is 2.38. The van der Waals surface area contributed by atoms with E-state index in [2.05, 4.69) is 6.07 Å². The SMILES string of the molecule is CN(CCO)c1ccc(C=CC2=C(C#N)C(=C(C#N)C#N)OC2(C)C)cc1. The standard InChI is InChI=1S/C21H20N4O2/c1-21(2)19(18(14-24)20(27-21)16(12-22)13-23)9-6-15-4-7-17(8-5-15)25(3)10-11-26/h4-9,26H,10-11H2,1-3H3. The lowest BCUT2D eigenvalue weighted by atomic mass is 9.94. The highest BCUT2D eigenvalue weighted by Crippen LogP contribution is 2.40. The fourth-order valence-electron chi connectivity index (χ4n) is 2.78. The summed E-state index contributed by atoms with van der Waals surface area (Å²) in [4.78, 5) is 1.94. The third-order valence-corrected chi connectivity index (χ3v) is 4.28. The van der Waals surface area contributed by atoms with Crippen molar-refractivity contribution in [3.05, 3.63) is 58.4 Å². The molecule has 0 aliphatic carbocycles. The molecule has 6 heteroatoms. The largest absolute Gasteiger partial charge is 0.480 e. The highest BCUT2D eigenvalue weighted by molar-refractivity contribution is 5.65. The van der Waals surface area contributed by atoms with E-state index in [-0.39, 0.29) is 23.5 Å². The Morgan fingerprint density at radius 3 is 2.30 bits per heavy atom. The zero-order chi connectivity index (χ0) is 20.0. The van der Waals surface area contributed by atoms with Crippen molar-refractivity contribution >= 4 is 11.8 Å². The van der Waals surface area contributed by atoms with Gasteiger partial charge >= 0.3 is 0 Å². The van der Waals surface area contributed by atoms with Crippen LogP contribution in [-0.4, -0.2) is 30.9 Å². The third kappa shape index (κ3) is 4.18. The van der Waals surface area contributed by atoms with Crippen LogP contribution in [0.4, 0.5) is 5.69 Å². The Hall–Kier alpha value is -3.53. The average molecular weight is 360 g/mol. The summed E-state index contributed by atoms with van der Waals surface area (Å²) in [6, 6.07) is 13.4. The van der Waals surface area contributed by atoms with Gasteiger partial charge in [0.2, 0.25) is 0 Å². The molecule has 136 valence electrons. The lowest BCUT2D eigenvalue weighted by Gasteiger charge is -2.20. The number of allylic oxidation sites excluding steroid dienone is 2. The molecule has 1 aliphatic heterocycles. The Kier molecular flexibility index (Phi) is 6.03. The molecule has 0 bridgehead atoms. The Morgan fingerprint density at radius 2 is 1.78 bits per heavy atom. The molecule has 1 N–H and O–H groups in total. The van der Waals surface area contributed by atoms with Crippen molar-refractivity contribution in [2.24, 2.45) is 0 Å². The van der Waals surface area contributed by atoms with Crippen molar-refractivity contribution in [3.8, 4) is 18.2 Å². The van der Waals surface area contributed by atoms with Crippen LogP contribution in [0.15, 0.2) is 52.8 Å². The molecule has 0 atom stereocenters. The van der Waals surface area contributed by atoms with E-state index in [1.807, 2.05) is 42.3 Å². The fourth-order valence-corrected chi connectivity index (χ4v) is 2.78. The van der Waals surface area contributed by atoms with E-state index in [9.17, 15) is 5.26 Å². The topological polar surface area (TPSA) is 104 Å². The molecule has 0 radical (unpaired) electrons. The molecule has 1 heterocycles. The van der Waals surface area contributed by atoms with Gasteiger partial charge in [-0.05, 0) is 31.5 Å². The van der Waals surface area contributed by atoms with E-state index in [0.29, 0.717) is 12.1 Å². The number of benzene rings is 1. The van der Waals surface area contributed by atoms with E-state index in [1.165, 1.54) is 0 Å². The van der Waals surface area contributed by atoms with E-state index in [1.54, 1.807) is 32.1 Å². The summed E-state index contributed by atoms with van der Waals surface area (Å²) in [5.41, 5.74) is 1.70. The van der Waals surface area contributed by atoms with Gasteiger partial charge in [0.25, 0.3) is 0 Å². The van der Waals surface area contributed by atoms with E-state index >= 15 is 0 Å². The van der Waals surface area contributed by atoms with Crippen LogP contribution in [-0.2, 0) is 4.74 Å². The molecule has 2 rings (SSSR count). The fraction of sp³-hybridized carbons (Fsp3) is 0.286. The first-order valence-electron chi connectivity index (χ1n) is 8.36. The summed E-state index contributed by atoms with van der Waals surface area (Å²) in [5.74, 6) is 0.0353. The summed E-state index contributed by atoms with van der Waals surface area (Å²) in [7, 11) is 1.90. The van der Waals surface area contributed by atoms with Gasteiger partial charge in [-0.1, -0.05) is 24.3 Å². The van der Waals surface area contributed by atoms with Crippen LogP contribution in [0, 0.1) is 34.0 Å². The molecule has 0 aromatic heterocycles. The van der Waals surface area contributed by atoms with E-state index < -0.39 is 5.60 Å². The number of ether oxygens (including phenoxy) is 1. The molecular formula is C21H20N4O2. The number of rotatable bonds is 5. The predicted octanol–water partition coefficient (Wildman–Crippen LogP) is 3.06. The first-order valence-corrected chi connectivity index (χ1v) is 8.36. The minimum atomic E-state index is -0.822. The van der Waals surface area contributed by atoms with Crippen molar-refractivity contribution in [1.82, 2.24) is 0 Å². The summed E-state index contributed by atoms with van der Waals surface area (Å²) in [5, 5.41) is 36.7. The van der Waals surface area contributed by atoms with Crippen LogP contribution >= 0.6 is 0 Å². The molecule has 1 aromatic rings. The number of likely N-dealkylation sites (N-methyl/N-ethyl adjacent to an activating group) is 1. The van der Waals surface area contributed by atoms with Crippen LogP contribution < -0.4 is 4.90 Å². The number of nitriles is 3. The van der Waals surface area contributed by atoms with Crippen LogP contribution in [0.5, 0.6) is 0 Å². The summed E-state index contributed by atoms with van der Waals surface area (Å²) >= 11 is 0. The third-order valence-electron chi connectivity index (χ3n) is 4.28. The number of hydrogen-bond acceptors (Lipinski definition) is 6. The molecule has 1 aliphatic rings. The Labute approximate surface area is 159 Å². The van der Waals surface area contributed by atoms with Crippen LogP contribution in [0.3, 0.4) is 0 Å². The quantitative estimate of drug-likeness (QED) is 0.809. The molecule has 0 saturated carbocycles. The van der Waals surface area contributed by atoms with Gasteiger partial charge in [0.05, 0.1) is 6.61 Å². The smallest absolute Gasteiger partial charge is 0.172 e. The maximum atomic E-state index is 9.52. The maximum Gasteiger partial charge on any atom is 0.172 e. The number of anilines is 1. The van der Waals surface area contributed by atoms with Gasteiger partial charge in [0.15, 0.2) is 11.3 Å². The number of hydrogen-bond donors (Lipinski definition) is 1. The monoisotopic (exact) mass is 360 g/mol. The average Bonchev–Trinajstić information content (AvgIpc) is 2.91. The molecule has 6 nitrogen and oxygen atoms in total. The van der Waals surface area contributed by atoms with Crippen LogP contribution in [0.2, 0.25) is 0 Å². The van der Waals surface area contributed by atoms with Gasteiger partial charge in [0, 0.05) is 24.9 Å². The Bertz CT molecular complexity index is 916. The van der Waals surface area contributed by atoms with Crippen molar-refractivity contribution < 1.29 is 9.84 Å². The summed E-state index contributed by atoms with van der Waals surface area (Å²) in [6.45, 7) is 4.21. The minimum absolute atomic E-state index is 0.0353. The number of aliphatic hydroxyl groups is 1. The molecule has 0 fully saturated rings. The lowest BCUT2D eigenvalue weighted by Crippen LogP contribution is -2.21. The summed E-state index contributed by atoms with van der Waals surface area (Å²) in [6.07, 6.45) is 3.64. The van der Waals surface area contributed by atoms with Gasteiger partial charge < -0.3 is 14.7 Å². The van der Waals surface area contributed by atoms with Gasteiger partial charge in [-0.3, -0.25) is 0 Å². The highest BCUT2D eigenvalue weighted by Gasteiger charge is 2.38. The molecular weight excluding hydrogens is 340 g/mol. The Morgan fingerprint density at radius 1 is 1.15 bits per heavy atom. The first kappa shape index (κ1) is 19.8.